The van der Waals surface area contributed by atoms with Crippen molar-refractivity contribution in [1.82, 2.24) is 25.1 Å². The van der Waals surface area contributed by atoms with E-state index in [0.717, 1.165) is 16.9 Å². The van der Waals surface area contributed by atoms with Gasteiger partial charge in [-0.3, -0.25) is 9.89 Å². The van der Waals surface area contributed by atoms with Crippen LogP contribution in [0.2, 0.25) is 0 Å². The number of H-pyrrole nitrogens is 1. The van der Waals surface area contributed by atoms with Gasteiger partial charge in [-0.15, -0.1) is 0 Å². The summed E-state index contributed by atoms with van der Waals surface area (Å²) in [6, 6.07) is 5.65. The maximum absolute atomic E-state index is 11.8. The third-order valence-corrected chi connectivity index (χ3v) is 5.08. The van der Waals surface area contributed by atoms with E-state index in [1.807, 2.05) is 36.4 Å². The fourth-order valence-electron chi connectivity index (χ4n) is 3.61. The number of aryl methyl sites for hydroxylation is 1. The predicted octanol–water partition coefficient (Wildman–Crippen LogP) is 0.926. The highest BCUT2D eigenvalue weighted by Crippen LogP contribution is 2.56. The van der Waals surface area contributed by atoms with E-state index in [9.17, 15) is 4.79 Å². The molecule has 3 aromatic heterocycles. The molecule has 0 aromatic carbocycles. The van der Waals surface area contributed by atoms with Crippen molar-refractivity contribution in [3.05, 3.63) is 36.5 Å². The Morgan fingerprint density at radius 3 is 3.08 bits per heavy atom. The summed E-state index contributed by atoms with van der Waals surface area (Å²) >= 11 is 0. The van der Waals surface area contributed by atoms with E-state index in [4.69, 9.17) is 5.73 Å². The lowest BCUT2D eigenvalue weighted by Crippen LogP contribution is -2.33. The molecule has 26 heavy (non-hydrogen) atoms. The van der Waals surface area contributed by atoms with Crippen LogP contribution in [0, 0.1) is 24.7 Å². The zero-order valence-electron chi connectivity index (χ0n) is 14.1. The van der Waals surface area contributed by atoms with Gasteiger partial charge in [0, 0.05) is 25.4 Å². The Balaban J connectivity index is 1.54. The first-order valence-electron chi connectivity index (χ1n) is 8.38. The molecule has 5 rings (SSSR count). The second-order valence-electron chi connectivity index (χ2n) is 6.85. The van der Waals surface area contributed by atoms with Gasteiger partial charge >= 0.3 is 0 Å². The predicted molar refractivity (Wildman–Crippen MR) is 95.6 cm³/mol. The number of amides is 1. The van der Waals surface area contributed by atoms with Gasteiger partial charge in [0.2, 0.25) is 11.9 Å². The van der Waals surface area contributed by atoms with Gasteiger partial charge in [-0.2, -0.15) is 15.1 Å². The number of nitrogens with two attached hydrogens (primary N) is 1. The summed E-state index contributed by atoms with van der Waals surface area (Å²) in [6.07, 6.45) is 3.71. The maximum atomic E-state index is 11.8. The Labute approximate surface area is 149 Å². The maximum Gasteiger partial charge on any atom is 0.229 e. The van der Waals surface area contributed by atoms with Crippen molar-refractivity contribution in [2.45, 2.75) is 6.92 Å². The normalized spacial score (nSPS) is 23.9. The van der Waals surface area contributed by atoms with E-state index in [1.165, 1.54) is 0 Å². The molecule has 4 heterocycles. The highest BCUT2D eigenvalue weighted by Gasteiger charge is 2.65. The third kappa shape index (κ3) is 2.20. The molecule has 1 saturated carbocycles. The second-order valence-corrected chi connectivity index (χ2v) is 6.85. The lowest BCUT2D eigenvalue weighted by atomic mass is 10.1. The largest absolute Gasteiger partial charge is 0.369 e. The smallest absolute Gasteiger partial charge is 0.229 e. The molecule has 1 amide bonds. The number of nitrogens with one attached hydrogen (secondary N) is 2. The minimum absolute atomic E-state index is 0.176. The number of primary amides is 1. The number of rotatable bonds is 4. The molecule has 2 aliphatic rings. The number of fused-ring (bicyclic) bond motifs is 2. The van der Waals surface area contributed by atoms with Crippen molar-refractivity contribution in [3.63, 3.8) is 0 Å². The number of aromatic amines is 1. The molecule has 3 aromatic rings. The molecular weight excluding hydrogens is 332 g/mol. The first kappa shape index (κ1) is 15.1. The summed E-state index contributed by atoms with van der Waals surface area (Å²) < 4.78 is 0. The van der Waals surface area contributed by atoms with Crippen LogP contribution < -0.4 is 16.0 Å². The van der Waals surface area contributed by atoms with Crippen molar-refractivity contribution in [2.75, 3.05) is 23.3 Å². The zero-order valence-corrected chi connectivity index (χ0v) is 14.1. The summed E-state index contributed by atoms with van der Waals surface area (Å²) in [5.41, 5.74) is 6.50. The molecular formula is C17H17N8O. The van der Waals surface area contributed by atoms with E-state index in [1.54, 1.807) is 6.20 Å². The molecule has 0 spiro atoms. The Kier molecular flexibility index (Phi) is 2.97. The number of carbonyl (C=O) groups excluding carboxylic acids is 1. The van der Waals surface area contributed by atoms with Crippen LogP contribution >= 0.6 is 0 Å². The topological polar surface area (TPSA) is 126 Å². The molecule has 0 unspecified atom stereocenters. The third-order valence-electron chi connectivity index (χ3n) is 5.08. The van der Waals surface area contributed by atoms with Gasteiger partial charge in [0.1, 0.15) is 11.6 Å². The van der Waals surface area contributed by atoms with Crippen LogP contribution in [0.1, 0.15) is 5.69 Å². The fraction of sp³-hybridized carbons (Fsp3) is 0.294. The van der Waals surface area contributed by atoms with Crippen LogP contribution in [-0.4, -0.2) is 44.1 Å². The lowest BCUT2D eigenvalue weighted by molar-refractivity contribution is -0.122. The van der Waals surface area contributed by atoms with Crippen molar-refractivity contribution in [3.8, 4) is 0 Å². The van der Waals surface area contributed by atoms with E-state index < -0.39 is 5.41 Å². The van der Waals surface area contributed by atoms with Crippen molar-refractivity contribution >= 4 is 34.5 Å². The molecule has 131 valence electrons. The summed E-state index contributed by atoms with van der Waals surface area (Å²) in [4.78, 5) is 27.4. The Hall–Kier alpha value is -3.23. The first-order chi connectivity index (χ1) is 12.5. The van der Waals surface area contributed by atoms with Gasteiger partial charge in [-0.25, -0.2) is 4.98 Å². The number of hydrogen-bond donors (Lipinski definition) is 3. The van der Waals surface area contributed by atoms with Crippen LogP contribution in [0.25, 0.3) is 11.0 Å². The van der Waals surface area contributed by atoms with Crippen LogP contribution in [0.5, 0.6) is 0 Å². The molecule has 2 fully saturated rings. The molecule has 1 saturated heterocycles. The first-order valence-corrected chi connectivity index (χ1v) is 8.38. The molecule has 4 N–H and O–H groups in total. The van der Waals surface area contributed by atoms with Crippen LogP contribution in [0.3, 0.4) is 0 Å². The van der Waals surface area contributed by atoms with Gasteiger partial charge in [0.15, 0.2) is 5.65 Å². The number of pyridine rings is 1. The van der Waals surface area contributed by atoms with E-state index in [2.05, 4.69) is 30.5 Å². The Morgan fingerprint density at radius 2 is 2.35 bits per heavy atom. The van der Waals surface area contributed by atoms with Crippen molar-refractivity contribution in [2.24, 2.45) is 17.1 Å². The number of hydrogen-bond acceptors (Lipinski definition) is 7. The van der Waals surface area contributed by atoms with Crippen molar-refractivity contribution < 1.29 is 4.79 Å². The molecule has 1 radical (unpaired) electrons. The molecule has 2 atom stereocenters. The summed E-state index contributed by atoms with van der Waals surface area (Å²) in [5, 5.41) is 11.1. The van der Waals surface area contributed by atoms with E-state index >= 15 is 0 Å². The number of nitrogens with zero attached hydrogens (tertiary/aromatic N) is 5. The number of piperidine rings is 1. The molecule has 1 aliphatic carbocycles. The van der Waals surface area contributed by atoms with Gasteiger partial charge in [0.05, 0.1) is 16.5 Å². The van der Waals surface area contributed by atoms with Gasteiger partial charge < -0.3 is 16.0 Å². The van der Waals surface area contributed by atoms with Gasteiger partial charge in [-0.1, -0.05) is 0 Å². The number of aromatic nitrogens is 5. The van der Waals surface area contributed by atoms with Crippen molar-refractivity contribution in [1.29, 1.82) is 0 Å². The standard InChI is InChI=1S/C17H17N8O/c1-9-5-12(24-23-9)20-14-11-3-2-4-19-13(11)21-16(22-14)25-7-10-6-17(10,8-25)15(18)26/h2-6,10H,7-8H2,1H3,(H2,18,26)(H2,19,20,21,22,23,24)/t10-,17+/m1/s1. The van der Waals surface area contributed by atoms with Crippen LogP contribution in [-0.2, 0) is 4.79 Å². The minimum atomic E-state index is -0.531. The zero-order chi connectivity index (χ0) is 17.9. The molecule has 0 bridgehead atoms. The fourth-order valence-corrected chi connectivity index (χ4v) is 3.61. The molecule has 9 heteroatoms. The van der Waals surface area contributed by atoms with Crippen LogP contribution in [0.4, 0.5) is 17.6 Å². The average Bonchev–Trinajstić information content (AvgIpc) is 2.97. The monoisotopic (exact) mass is 349 g/mol. The SMILES string of the molecule is Cc1cc(Nc2nc(N3C[C@H]4[CH][C@]4(C(N)=O)C3)nc3ncccc23)[nH]n1. The Bertz CT molecular complexity index is 1030. The van der Waals surface area contributed by atoms with Crippen LogP contribution in [0.15, 0.2) is 24.4 Å². The molecule has 9 nitrogen and oxygen atoms in total. The lowest BCUT2D eigenvalue weighted by Gasteiger charge is -2.20. The number of carbonyl (C=O) groups is 1. The van der Waals surface area contributed by atoms with Gasteiger partial charge in [0.25, 0.3) is 0 Å². The van der Waals surface area contributed by atoms with E-state index in [-0.39, 0.29) is 11.8 Å². The highest BCUT2D eigenvalue weighted by molar-refractivity contribution is 5.91. The van der Waals surface area contributed by atoms with Gasteiger partial charge in [-0.05, 0) is 31.4 Å². The average molecular weight is 349 g/mol. The minimum Gasteiger partial charge on any atom is -0.369 e. The second kappa shape index (κ2) is 5.13. The summed E-state index contributed by atoms with van der Waals surface area (Å²) in [6.45, 7) is 3.10. The van der Waals surface area contributed by atoms with E-state index in [0.29, 0.717) is 30.5 Å². The highest BCUT2D eigenvalue weighted by atomic mass is 16.1. The Morgan fingerprint density at radius 1 is 1.46 bits per heavy atom. The summed E-state index contributed by atoms with van der Waals surface area (Å²) in [5.74, 6) is 1.81. The quantitative estimate of drug-likeness (QED) is 0.639. The summed E-state index contributed by atoms with van der Waals surface area (Å²) in [7, 11) is 0. The molecule has 1 aliphatic heterocycles. The number of anilines is 3.